The van der Waals surface area contributed by atoms with Crippen molar-refractivity contribution in [1.29, 1.82) is 0 Å². The number of piperazine rings is 1. The zero-order valence-electron chi connectivity index (χ0n) is 20.5. The van der Waals surface area contributed by atoms with E-state index in [1.807, 2.05) is 53.4 Å². The lowest BCUT2D eigenvalue weighted by Gasteiger charge is -2.35. The van der Waals surface area contributed by atoms with Crippen LogP contribution in [0.3, 0.4) is 0 Å². The number of carbonyl (C=O) groups is 2. The van der Waals surface area contributed by atoms with Crippen LogP contribution in [-0.2, 0) is 10.5 Å². The summed E-state index contributed by atoms with van der Waals surface area (Å²) in [7, 11) is 0. The molecule has 2 fully saturated rings. The Hall–Kier alpha value is -3.39. The van der Waals surface area contributed by atoms with Crippen LogP contribution in [0.5, 0.6) is 0 Å². The third-order valence-electron chi connectivity index (χ3n) is 6.62. The van der Waals surface area contributed by atoms with E-state index in [-0.39, 0.29) is 11.8 Å². The second-order valence-electron chi connectivity index (χ2n) is 9.40. The number of hydrogen-bond donors (Lipinski definition) is 1. The minimum Gasteiger partial charge on any atom is -0.353 e. The van der Waals surface area contributed by atoms with Gasteiger partial charge in [0, 0.05) is 62.6 Å². The lowest BCUT2D eigenvalue weighted by atomic mass is 10.1. The summed E-state index contributed by atoms with van der Waals surface area (Å²) in [6.45, 7) is 5.26. The molecule has 5 rings (SSSR count). The maximum absolute atomic E-state index is 12.5. The van der Waals surface area contributed by atoms with Crippen LogP contribution < -0.4 is 10.2 Å². The summed E-state index contributed by atoms with van der Waals surface area (Å²) in [6, 6.07) is 19.9. The number of hydrogen-bond acceptors (Lipinski definition) is 6. The normalized spacial score (nSPS) is 15.6. The molecular formula is C28H31N5O2S. The van der Waals surface area contributed by atoms with Crippen LogP contribution in [0.1, 0.15) is 35.7 Å². The monoisotopic (exact) mass is 501 g/mol. The summed E-state index contributed by atoms with van der Waals surface area (Å²) in [5.41, 5.74) is 3.67. The van der Waals surface area contributed by atoms with Gasteiger partial charge < -0.3 is 15.1 Å². The highest BCUT2D eigenvalue weighted by atomic mass is 32.2. The van der Waals surface area contributed by atoms with Gasteiger partial charge in [-0.2, -0.15) is 0 Å². The first kappa shape index (κ1) is 24.3. The Balaban J connectivity index is 1.32. The van der Waals surface area contributed by atoms with Crippen molar-refractivity contribution in [3.63, 3.8) is 0 Å². The van der Waals surface area contributed by atoms with Gasteiger partial charge in [0.05, 0.1) is 5.69 Å². The van der Waals surface area contributed by atoms with E-state index in [2.05, 4.69) is 22.3 Å². The Morgan fingerprint density at radius 1 is 0.972 bits per heavy atom. The molecule has 2 aliphatic rings. The summed E-state index contributed by atoms with van der Waals surface area (Å²) in [4.78, 5) is 38.1. The van der Waals surface area contributed by atoms with Crippen LogP contribution in [0.4, 0.5) is 5.82 Å². The third kappa shape index (κ3) is 6.23. The second-order valence-corrected chi connectivity index (χ2v) is 10.3. The predicted molar refractivity (Wildman–Crippen MR) is 143 cm³/mol. The number of nitrogens with zero attached hydrogens (tertiary/aromatic N) is 4. The van der Waals surface area contributed by atoms with Gasteiger partial charge in [0.15, 0.2) is 5.16 Å². The Bertz CT molecular complexity index is 1220. The first-order chi connectivity index (χ1) is 17.5. The Morgan fingerprint density at radius 2 is 1.75 bits per heavy atom. The smallest absolute Gasteiger partial charge is 0.251 e. The van der Waals surface area contributed by atoms with E-state index in [1.54, 1.807) is 18.7 Å². The number of anilines is 1. The molecule has 1 saturated heterocycles. The average Bonchev–Trinajstić information content (AvgIpc) is 3.76. The number of amides is 2. The molecule has 1 aliphatic heterocycles. The first-order valence-electron chi connectivity index (χ1n) is 12.5. The molecule has 2 aromatic carbocycles. The lowest BCUT2D eigenvalue weighted by molar-refractivity contribution is -0.129. The number of rotatable bonds is 8. The quantitative estimate of drug-likeness (QED) is 0.367. The topological polar surface area (TPSA) is 78.4 Å². The van der Waals surface area contributed by atoms with Gasteiger partial charge in [-0.3, -0.25) is 9.59 Å². The molecule has 2 amide bonds. The van der Waals surface area contributed by atoms with E-state index >= 15 is 0 Å². The lowest BCUT2D eigenvalue weighted by Crippen LogP contribution is -2.48. The van der Waals surface area contributed by atoms with E-state index in [4.69, 9.17) is 9.97 Å². The summed E-state index contributed by atoms with van der Waals surface area (Å²) >= 11 is 1.57. The maximum atomic E-state index is 12.5. The SMILES string of the molecule is CC(=O)N1CCN(c2cc(-c3ccccc3)nc(SCc3cccc(C(=O)NCC4CC4)c3)n2)CC1. The average molecular weight is 502 g/mol. The molecule has 36 heavy (non-hydrogen) atoms. The minimum atomic E-state index is -0.0111. The summed E-state index contributed by atoms with van der Waals surface area (Å²) < 4.78 is 0. The molecule has 7 nitrogen and oxygen atoms in total. The number of thioether (sulfide) groups is 1. The molecule has 0 radical (unpaired) electrons. The fraction of sp³-hybridized carbons (Fsp3) is 0.357. The molecule has 1 aromatic heterocycles. The van der Waals surface area contributed by atoms with E-state index in [0.29, 0.717) is 35.5 Å². The van der Waals surface area contributed by atoms with Crippen LogP contribution in [0.15, 0.2) is 65.8 Å². The van der Waals surface area contributed by atoms with Gasteiger partial charge in [0.25, 0.3) is 5.91 Å². The second kappa shape index (κ2) is 11.1. The number of carbonyl (C=O) groups excluding carboxylic acids is 2. The van der Waals surface area contributed by atoms with Crippen LogP contribution in [0, 0.1) is 5.92 Å². The minimum absolute atomic E-state index is 0.0111. The molecule has 3 aromatic rings. The molecule has 0 spiro atoms. The fourth-order valence-electron chi connectivity index (χ4n) is 4.26. The summed E-state index contributed by atoms with van der Waals surface area (Å²) in [6.07, 6.45) is 2.43. The summed E-state index contributed by atoms with van der Waals surface area (Å²) in [5, 5.41) is 3.74. The van der Waals surface area contributed by atoms with Gasteiger partial charge in [-0.25, -0.2) is 9.97 Å². The van der Waals surface area contributed by atoms with Gasteiger partial charge in [0.1, 0.15) is 5.82 Å². The fourth-order valence-corrected chi connectivity index (χ4v) is 5.05. The van der Waals surface area contributed by atoms with Gasteiger partial charge in [-0.1, -0.05) is 54.2 Å². The van der Waals surface area contributed by atoms with Gasteiger partial charge in [0.2, 0.25) is 5.91 Å². The highest BCUT2D eigenvalue weighted by Crippen LogP contribution is 2.29. The third-order valence-corrected chi connectivity index (χ3v) is 7.53. The van der Waals surface area contributed by atoms with E-state index in [0.717, 1.165) is 42.3 Å². The first-order valence-corrected chi connectivity index (χ1v) is 13.5. The molecule has 186 valence electrons. The van der Waals surface area contributed by atoms with E-state index in [9.17, 15) is 9.59 Å². The standard InChI is InChI=1S/C28H31N5O2S/c1-20(34)32-12-14-33(15-13-32)26-17-25(23-7-3-2-4-8-23)30-28(31-26)36-19-22-6-5-9-24(16-22)27(35)29-18-21-10-11-21/h2-9,16-17,21H,10-15,18-19H2,1H3,(H,29,35). The van der Waals surface area contributed by atoms with Gasteiger partial charge >= 0.3 is 0 Å². The largest absolute Gasteiger partial charge is 0.353 e. The van der Waals surface area contributed by atoms with Crippen molar-refractivity contribution in [2.45, 2.75) is 30.7 Å². The van der Waals surface area contributed by atoms with Crippen molar-refractivity contribution in [3.8, 4) is 11.3 Å². The number of nitrogens with one attached hydrogen (secondary N) is 1. The highest BCUT2D eigenvalue weighted by Gasteiger charge is 2.22. The van der Waals surface area contributed by atoms with E-state index < -0.39 is 0 Å². The summed E-state index contributed by atoms with van der Waals surface area (Å²) in [5.74, 6) is 2.30. The Morgan fingerprint density at radius 3 is 2.47 bits per heavy atom. The van der Waals surface area contributed by atoms with Crippen molar-refractivity contribution in [1.82, 2.24) is 20.2 Å². The van der Waals surface area contributed by atoms with Crippen molar-refractivity contribution in [2.75, 3.05) is 37.6 Å². The predicted octanol–water partition coefficient (Wildman–Crippen LogP) is 4.24. The molecule has 8 heteroatoms. The van der Waals surface area contributed by atoms with Crippen molar-refractivity contribution >= 4 is 29.4 Å². The molecule has 2 heterocycles. The van der Waals surface area contributed by atoms with Crippen LogP contribution in [-0.4, -0.2) is 59.4 Å². The zero-order valence-corrected chi connectivity index (χ0v) is 21.3. The highest BCUT2D eigenvalue weighted by molar-refractivity contribution is 7.98. The maximum Gasteiger partial charge on any atom is 0.251 e. The van der Waals surface area contributed by atoms with E-state index in [1.165, 1.54) is 12.8 Å². The molecule has 0 atom stereocenters. The van der Waals surface area contributed by atoms with Crippen molar-refractivity contribution in [2.24, 2.45) is 5.92 Å². The Labute approximate surface area is 216 Å². The van der Waals surface area contributed by atoms with Gasteiger partial charge in [-0.15, -0.1) is 0 Å². The van der Waals surface area contributed by atoms with Crippen LogP contribution in [0.2, 0.25) is 0 Å². The van der Waals surface area contributed by atoms with Crippen molar-refractivity contribution < 1.29 is 9.59 Å². The Kier molecular flexibility index (Phi) is 7.51. The van der Waals surface area contributed by atoms with Crippen molar-refractivity contribution in [3.05, 3.63) is 71.8 Å². The molecule has 0 unspecified atom stereocenters. The molecule has 1 aliphatic carbocycles. The van der Waals surface area contributed by atoms with Crippen LogP contribution >= 0.6 is 11.8 Å². The molecular weight excluding hydrogens is 470 g/mol. The van der Waals surface area contributed by atoms with Crippen LogP contribution in [0.25, 0.3) is 11.3 Å². The number of benzene rings is 2. The van der Waals surface area contributed by atoms with Gasteiger partial charge in [-0.05, 0) is 36.5 Å². The number of aromatic nitrogens is 2. The molecule has 0 bridgehead atoms. The molecule has 1 N–H and O–H groups in total. The zero-order chi connectivity index (χ0) is 24.9. The molecule has 1 saturated carbocycles.